The second-order valence-electron chi connectivity index (χ2n) is 6.64. The van der Waals surface area contributed by atoms with E-state index in [2.05, 4.69) is 15.8 Å². The minimum Gasteiger partial charge on any atom is -0.505 e. The van der Waals surface area contributed by atoms with Gasteiger partial charge in [-0.2, -0.15) is 0 Å². The van der Waals surface area contributed by atoms with Crippen LogP contribution in [-0.2, 0) is 11.8 Å². The first-order valence-electron chi connectivity index (χ1n) is 8.88. The van der Waals surface area contributed by atoms with Crippen molar-refractivity contribution in [3.05, 3.63) is 51.1 Å². The lowest BCUT2D eigenvalue weighted by Crippen LogP contribution is -2.35. The Morgan fingerprint density at radius 2 is 2.03 bits per heavy atom. The number of carboxylic acids is 1. The van der Waals surface area contributed by atoms with Gasteiger partial charge in [0.2, 0.25) is 0 Å². The maximum Gasteiger partial charge on any atom is 0.320 e. The van der Waals surface area contributed by atoms with Crippen LogP contribution in [-0.4, -0.2) is 31.9 Å². The largest absolute Gasteiger partial charge is 0.505 e. The van der Waals surface area contributed by atoms with Gasteiger partial charge in [0.15, 0.2) is 5.69 Å². The van der Waals surface area contributed by atoms with Gasteiger partial charge in [-0.3, -0.25) is 9.59 Å². The van der Waals surface area contributed by atoms with E-state index in [1.807, 2.05) is 0 Å². The fraction of sp³-hybridized carbons (Fsp3) is 0.263. The zero-order valence-corrected chi connectivity index (χ0v) is 17.2. The van der Waals surface area contributed by atoms with Crippen LogP contribution >= 0.6 is 11.3 Å². The highest BCUT2D eigenvalue weighted by molar-refractivity contribution is 7.15. The van der Waals surface area contributed by atoms with Gasteiger partial charge >= 0.3 is 12.0 Å². The molecule has 3 aromatic heterocycles. The molecule has 0 saturated carbocycles. The number of amides is 2. The zero-order valence-electron chi connectivity index (χ0n) is 16.4. The third-order valence-corrected chi connectivity index (χ3v) is 5.64. The molecule has 0 bridgehead atoms. The molecule has 3 heterocycles. The van der Waals surface area contributed by atoms with Gasteiger partial charge in [-0.25, -0.2) is 4.79 Å². The summed E-state index contributed by atoms with van der Waals surface area (Å²) < 4.78 is 6.37. The number of urea groups is 1. The Morgan fingerprint density at radius 1 is 1.30 bits per heavy atom. The Labute approximate surface area is 174 Å². The van der Waals surface area contributed by atoms with E-state index < -0.39 is 23.6 Å². The second kappa shape index (κ2) is 8.41. The summed E-state index contributed by atoms with van der Waals surface area (Å²) in [5.74, 6) is -0.859. The van der Waals surface area contributed by atoms with Crippen molar-refractivity contribution in [3.63, 3.8) is 0 Å². The highest BCUT2D eigenvalue weighted by atomic mass is 32.1. The molecule has 0 spiro atoms. The fourth-order valence-corrected chi connectivity index (χ4v) is 4.16. The normalized spacial score (nSPS) is 11.8. The van der Waals surface area contributed by atoms with Crippen molar-refractivity contribution in [3.8, 4) is 16.2 Å². The second-order valence-corrected chi connectivity index (χ2v) is 7.76. The Balaban J connectivity index is 1.84. The van der Waals surface area contributed by atoms with Crippen molar-refractivity contribution in [2.24, 2.45) is 7.05 Å². The van der Waals surface area contributed by atoms with Gasteiger partial charge in [-0.15, -0.1) is 11.3 Å². The van der Waals surface area contributed by atoms with E-state index in [-0.39, 0.29) is 17.9 Å². The molecule has 0 aliphatic rings. The molecule has 158 valence electrons. The molecule has 0 aliphatic heterocycles. The molecule has 1 atom stereocenters. The number of carbonyl (C=O) groups excluding carboxylic acids is 1. The minimum absolute atomic E-state index is 0.297. The lowest BCUT2D eigenvalue weighted by atomic mass is 10.1. The molecule has 0 radical (unpaired) electrons. The van der Waals surface area contributed by atoms with Crippen molar-refractivity contribution in [1.82, 2.24) is 15.0 Å². The summed E-state index contributed by atoms with van der Waals surface area (Å²) in [7, 11) is 1.47. The number of aromatic hydroxyl groups is 1. The molecule has 0 fully saturated rings. The number of rotatable bonds is 6. The topological polar surface area (TPSA) is 147 Å². The Hall–Kier alpha value is -3.60. The first-order valence-corrected chi connectivity index (χ1v) is 9.70. The van der Waals surface area contributed by atoms with Crippen LogP contribution < -0.4 is 16.2 Å². The zero-order chi connectivity index (χ0) is 22.0. The van der Waals surface area contributed by atoms with Crippen LogP contribution in [0.4, 0.5) is 10.5 Å². The maximum absolute atomic E-state index is 12.4. The Kier molecular flexibility index (Phi) is 5.92. The smallest absolute Gasteiger partial charge is 0.320 e. The molecule has 30 heavy (non-hydrogen) atoms. The lowest BCUT2D eigenvalue weighted by molar-refractivity contribution is -0.137. The van der Waals surface area contributed by atoms with E-state index >= 15 is 0 Å². The summed E-state index contributed by atoms with van der Waals surface area (Å²) in [5, 5.41) is 27.9. The molecule has 4 N–H and O–H groups in total. The van der Waals surface area contributed by atoms with Crippen LogP contribution in [0.15, 0.2) is 33.7 Å². The molecule has 1 unspecified atom stereocenters. The number of hydrogen-bond donors (Lipinski definition) is 4. The Morgan fingerprint density at radius 3 is 2.67 bits per heavy atom. The number of carboxylic acid groups (broad SMARTS) is 1. The number of hydrogen-bond acceptors (Lipinski definition) is 7. The van der Waals surface area contributed by atoms with Crippen LogP contribution in [0.5, 0.6) is 5.75 Å². The number of nitrogens with zero attached hydrogens (tertiary/aromatic N) is 2. The van der Waals surface area contributed by atoms with E-state index in [0.717, 1.165) is 10.4 Å². The van der Waals surface area contributed by atoms with Crippen molar-refractivity contribution >= 4 is 29.0 Å². The highest BCUT2D eigenvalue weighted by Crippen LogP contribution is 2.36. The van der Waals surface area contributed by atoms with Crippen LogP contribution in [0.2, 0.25) is 0 Å². The van der Waals surface area contributed by atoms with Gasteiger partial charge in [0, 0.05) is 23.0 Å². The van der Waals surface area contributed by atoms with Crippen molar-refractivity contribution in [1.29, 1.82) is 0 Å². The number of aryl methyl sites for hydroxylation is 3. The molecular formula is C19H20N4O6S. The summed E-state index contributed by atoms with van der Waals surface area (Å²) in [6, 6.07) is 3.13. The molecule has 2 amide bonds. The van der Waals surface area contributed by atoms with E-state index in [9.17, 15) is 24.6 Å². The first kappa shape index (κ1) is 21.1. The van der Waals surface area contributed by atoms with Crippen LogP contribution in [0.1, 0.15) is 28.8 Å². The van der Waals surface area contributed by atoms with E-state index in [4.69, 9.17) is 4.52 Å². The van der Waals surface area contributed by atoms with Crippen molar-refractivity contribution < 1.29 is 24.3 Å². The molecule has 10 nitrogen and oxygen atoms in total. The van der Waals surface area contributed by atoms with Crippen LogP contribution in [0.3, 0.4) is 0 Å². The molecule has 0 saturated heterocycles. The van der Waals surface area contributed by atoms with Gasteiger partial charge in [0.05, 0.1) is 23.7 Å². The first-order chi connectivity index (χ1) is 14.2. The van der Waals surface area contributed by atoms with Gasteiger partial charge in [-0.1, -0.05) is 5.16 Å². The summed E-state index contributed by atoms with van der Waals surface area (Å²) in [6.45, 7) is 3.58. The number of thiophene rings is 1. The number of anilines is 1. The fourth-order valence-electron chi connectivity index (χ4n) is 2.95. The molecular weight excluding hydrogens is 412 g/mol. The number of aromatic nitrogens is 2. The minimum atomic E-state index is -1.11. The van der Waals surface area contributed by atoms with Gasteiger partial charge in [0.25, 0.3) is 5.56 Å². The molecule has 3 rings (SSSR count). The number of pyridine rings is 1. The molecule has 0 aliphatic carbocycles. The Bertz CT molecular complexity index is 1140. The van der Waals surface area contributed by atoms with E-state index in [0.29, 0.717) is 16.3 Å². The molecule has 11 heteroatoms. The molecule has 3 aromatic rings. The quantitative estimate of drug-likeness (QED) is 0.468. The average molecular weight is 432 g/mol. The third kappa shape index (κ3) is 4.35. The number of carbonyl (C=O) groups is 2. The third-order valence-electron chi connectivity index (χ3n) is 4.42. The van der Waals surface area contributed by atoms with Crippen LogP contribution in [0, 0.1) is 13.8 Å². The predicted molar refractivity (Wildman–Crippen MR) is 110 cm³/mol. The van der Waals surface area contributed by atoms with Crippen molar-refractivity contribution in [2.75, 3.05) is 5.32 Å². The monoisotopic (exact) mass is 432 g/mol. The predicted octanol–water partition coefficient (Wildman–Crippen LogP) is 2.76. The van der Waals surface area contributed by atoms with Gasteiger partial charge in [-0.05, 0) is 32.0 Å². The van der Waals surface area contributed by atoms with Gasteiger partial charge < -0.3 is 29.9 Å². The summed E-state index contributed by atoms with van der Waals surface area (Å²) in [6.07, 6.45) is 0.990. The van der Waals surface area contributed by atoms with Crippen molar-refractivity contribution in [2.45, 2.75) is 26.3 Å². The standard InChI is InChI=1S/C19H20N4O6S/c1-9-16(10(2)29-22-9)14-5-4-13(30-14)11(8-15(25)26)20-19(28)21-17-12(24)6-7-23(3)18(17)27/h4-7,11,24H,8H2,1-3H3,(H,25,26)(H2,20,21,28). The summed E-state index contributed by atoms with van der Waals surface area (Å²) in [5.41, 5.74) is 0.630. The highest BCUT2D eigenvalue weighted by Gasteiger charge is 2.23. The SMILES string of the molecule is Cc1noc(C)c1-c1ccc(C(CC(=O)O)NC(=O)Nc2c(O)ccn(C)c2=O)s1. The number of aliphatic carboxylic acids is 1. The number of nitrogens with one attached hydrogen (secondary N) is 2. The van der Waals surface area contributed by atoms with Gasteiger partial charge in [0.1, 0.15) is 11.5 Å². The lowest BCUT2D eigenvalue weighted by Gasteiger charge is -2.16. The maximum atomic E-state index is 12.4. The summed E-state index contributed by atoms with van der Waals surface area (Å²) >= 11 is 1.31. The molecule has 0 aromatic carbocycles. The van der Waals surface area contributed by atoms with E-state index in [1.165, 1.54) is 35.2 Å². The average Bonchev–Trinajstić information content (AvgIpc) is 3.27. The van der Waals surface area contributed by atoms with E-state index in [1.54, 1.807) is 26.0 Å². The van der Waals surface area contributed by atoms with Crippen LogP contribution in [0.25, 0.3) is 10.4 Å². The summed E-state index contributed by atoms with van der Waals surface area (Å²) in [4.78, 5) is 37.3.